The van der Waals surface area contributed by atoms with E-state index in [0.29, 0.717) is 53.4 Å². The normalized spacial score (nSPS) is 12.0. The molecule has 8 nitrogen and oxygen atoms in total. The fourth-order valence-electron chi connectivity index (χ4n) is 4.50. The summed E-state index contributed by atoms with van der Waals surface area (Å²) in [6.07, 6.45) is 3.51. The summed E-state index contributed by atoms with van der Waals surface area (Å²) in [5, 5.41) is 8.76. The van der Waals surface area contributed by atoms with Crippen molar-refractivity contribution in [2.24, 2.45) is 5.73 Å². The molecule has 3 aromatic rings. The SMILES string of the molecule is Cl.NCCCC[C@H](NC(=O)[C@@H](Cc1cc(Br)c(N)c(Br)c1)NC(=O)CCc1ccccc1)C(=O)NCCc1ccccc1. The Hall–Kier alpha value is -2.92. The number of rotatable bonds is 16. The van der Waals surface area contributed by atoms with E-state index < -0.39 is 18.0 Å². The van der Waals surface area contributed by atoms with Crippen LogP contribution < -0.4 is 27.4 Å². The molecule has 11 heteroatoms. The van der Waals surface area contributed by atoms with Gasteiger partial charge in [0.25, 0.3) is 0 Å². The topological polar surface area (TPSA) is 139 Å². The number of hydrogen-bond acceptors (Lipinski definition) is 5. The van der Waals surface area contributed by atoms with Crippen molar-refractivity contribution in [2.75, 3.05) is 18.8 Å². The van der Waals surface area contributed by atoms with E-state index in [-0.39, 0.29) is 37.1 Å². The van der Waals surface area contributed by atoms with Crippen LogP contribution in [-0.2, 0) is 33.6 Å². The van der Waals surface area contributed by atoms with Gasteiger partial charge in [0.05, 0.1) is 5.69 Å². The first-order valence-electron chi connectivity index (χ1n) is 14.2. The van der Waals surface area contributed by atoms with Crippen molar-refractivity contribution in [3.05, 3.63) is 98.4 Å². The first kappa shape index (κ1) is 36.3. The Morgan fingerprint density at radius 1 is 0.744 bits per heavy atom. The molecule has 3 rings (SSSR count). The van der Waals surface area contributed by atoms with Crippen LogP contribution in [-0.4, -0.2) is 42.9 Å². The van der Waals surface area contributed by atoms with Gasteiger partial charge >= 0.3 is 0 Å². The van der Waals surface area contributed by atoms with E-state index in [2.05, 4.69) is 47.8 Å². The Bertz CT molecular complexity index is 1290. The Morgan fingerprint density at radius 2 is 1.33 bits per heavy atom. The summed E-state index contributed by atoms with van der Waals surface area (Å²) < 4.78 is 1.36. The molecule has 232 valence electrons. The molecule has 0 heterocycles. The lowest BCUT2D eigenvalue weighted by Gasteiger charge is -2.24. The molecule has 2 atom stereocenters. The van der Waals surface area contributed by atoms with E-state index in [1.807, 2.05) is 72.8 Å². The molecule has 3 aromatic carbocycles. The molecule has 0 spiro atoms. The van der Waals surface area contributed by atoms with Gasteiger partial charge in [0, 0.05) is 28.3 Å². The largest absolute Gasteiger partial charge is 0.397 e. The molecule has 0 unspecified atom stereocenters. The number of anilines is 1. The standard InChI is InChI=1S/C32H39Br2N5O3.ClH/c33-25-19-24(20-26(34)30(25)36)21-28(38-29(40)15-14-22-9-3-1-4-10-22)32(42)39-27(13-7-8-17-35)31(41)37-18-16-23-11-5-2-6-12-23;/h1-6,9-12,19-20,27-28H,7-8,13-18,21,35-36H2,(H,37,41)(H,38,40)(H,39,42);1H/t27-,28+;/m0./s1. The van der Waals surface area contributed by atoms with Crippen LogP contribution in [0.15, 0.2) is 81.7 Å². The second-order valence-corrected chi connectivity index (χ2v) is 11.9. The molecule has 0 saturated heterocycles. The number of benzene rings is 3. The third-order valence-electron chi connectivity index (χ3n) is 6.85. The molecule has 0 aliphatic carbocycles. The van der Waals surface area contributed by atoms with Crippen LogP contribution in [0.1, 0.15) is 42.4 Å². The lowest BCUT2D eigenvalue weighted by Crippen LogP contribution is -2.54. The first-order chi connectivity index (χ1) is 20.3. The third-order valence-corrected chi connectivity index (χ3v) is 8.16. The number of amides is 3. The molecule has 0 aromatic heterocycles. The highest BCUT2D eigenvalue weighted by Crippen LogP contribution is 2.30. The van der Waals surface area contributed by atoms with Crippen LogP contribution >= 0.6 is 44.3 Å². The smallest absolute Gasteiger partial charge is 0.243 e. The predicted molar refractivity (Wildman–Crippen MR) is 182 cm³/mol. The second kappa shape index (κ2) is 19.4. The molecule has 0 saturated carbocycles. The van der Waals surface area contributed by atoms with Crippen LogP contribution in [0.25, 0.3) is 0 Å². The fourth-order valence-corrected chi connectivity index (χ4v) is 5.78. The molecule has 0 radical (unpaired) electrons. The van der Waals surface area contributed by atoms with E-state index in [0.717, 1.165) is 23.1 Å². The van der Waals surface area contributed by atoms with Gasteiger partial charge in [0.2, 0.25) is 17.7 Å². The molecular formula is C32H40Br2ClN5O3. The van der Waals surface area contributed by atoms with Crippen molar-refractivity contribution in [3.8, 4) is 0 Å². The number of carbonyl (C=O) groups excluding carboxylic acids is 3. The summed E-state index contributed by atoms with van der Waals surface area (Å²) in [6.45, 7) is 0.941. The van der Waals surface area contributed by atoms with Crippen molar-refractivity contribution in [2.45, 2.75) is 57.0 Å². The predicted octanol–water partition coefficient (Wildman–Crippen LogP) is 4.85. The Balaban J connectivity index is 0.00000645. The van der Waals surface area contributed by atoms with E-state index in [4.69, 9.17) is 11.5 Å². The van der Waals surface area contributed by atoms with Gasteiger partial charge in [-0.3, -0.25) is 14.4 Å². The quantitative estimate of drug-likeness (QED) is 0.106. The number of carbonyl (C=O) groups is 3. The Labute approximate surface area is 276 Å². The summed E-state index contributed by atoms with van der Waals surface area (Å²) in [4.78, 5) is 39.8. The fraction of sp³-hybridized carbons (Fsp3) is 0.344. The van der Waals surface area contributed by atoms with Crippen LogP contribution in [0, 0.1) is 0 Å². The molecular weight excluding hydrogens is 698 g/mol. The van der Waals surface area contributed by atoms with Crippen molar-refractivity contribution >= 4 is 67.7 Å². The summed E-state index contributed by atoms with van der Waals surface area (Å²) in [7, 11) is 0. The number of nitrogens with one attached hydrogen (secondary N) is 3. The summed E-state index contributed by atoms with van der Waals surface area (Å²) in [5.74, 6) is -0.939. The van der Waals surface area contributed by atoms with Crippen LogP contribution in [0.5, 0.6) is 0 Å². The van der Waals surface area contributed by atoms with E-state index in [1.54, 1.807) is 0 Å². The first-order valence-corrected chi connectivity index (χ1v) is 15.7. The maximum absolute atomic E-state index is 13.7. The zero-order valence-corrected chi connectivity index (χ0v) is 28.0. The maximum Gasteiger partial charge on any atom is 0.243 e. The summed E-state index contributed by atoms with van der Waals surface area (Å²) >= 11 is 6.91. The minimum Gasteiger partial charge on any atom is -0.397 e. The van der Waals surface area contributed by atoms with E-state index in [9.17, 15) is 14.4 Å². The highest BCUT2D eigenvalue weighted by molar-refractivity contribution is 9.11. The molecule has 0 aliphatic rings. The van der Waals surface area contributed by atoms with Crippen molar-refractivity contribution in [1.82, 2.24) is 16.0 Å². The Kier molecular flexibility index (Phi) is 16.3. The van der Waals surface area contributed by atoms with Crippen LogP contribution in [0.2, 0.25) is 0 Å². The molecule has 0 fully saturated rings. The van der Waals surface area contributed by atoms with Crippen molar-refractivity contribution in [3.63, 3.8) is 0 Å². The zero-order valence-electron chi connectivity index (χ0n) is 24.0. The average molecular weight is 738 g/mol. The molecule has 43 heavy (non-hydrogen) atoms. The number of halogens is 3. The molecule has 0 bridgehead atoms. The van der Waals surface area contributed by atoms with Crippen LogP contribution in [0.4, 0.5) is 5.69 Å². The summed E-state index contributed by atoms with van der Waals surface area (Å²) in [6, 6.07) is 21.6. The van der Waals surface area contributed by atoms with Gasteiger partial charge < -0.3 is 27.4 Å². The van der Waals surface area contributed by atoms with E-state index in [1.165, 1.54) is 0 Å². The number of nitrogens with two attached hydrogens (primary N) is 2. The van der Waals surface area contributed by atoms with E-state index >= 15 is 0 Å². The highest BCUT2D eigenvalue weighted by atomic mass is 79.9. The van der Waals surface area contributed by atoms with Crippen molar-refractivity contribution < 1.29 is 14.4 Å². The van der Waals surface area contributed by atoms with Gasteiger partial charge in [-0.15, -0.1) is 12.4 Å². The van der Waals surface area contributed by atoms with Crippen LogP contribution in [0.3, 0.4) is 0 Å². The molecule has 0 aliphatic heterocycles. The minimum absolute atomic E-state index is 0. The monoisotopic (exact) mass is 735 g/mol. The number of unbranched alkanes of at least 4 members (excludes halogenated alkanes) is 1. The minimum atomic E-state index is -0.898. The third kappa shape index (κ3) is 12.7. The average Bonchev–Trinajstić information content (AvgIpc) is 2.99. The maximum atomic E-state index is 13.7. The second-order valence-electron chi connectivity index (χ2n) is 10.2. The van der Waals surface area contributed by atoms with Gasteiger partial charge in [-0.05, 0) is 99.3 Å². The highest BCUT2D eigenvalue weighted by Gasteiger charge is 2.27. The number of aryl methyl sites for hydroxylation is 1. The van der Waals surface area contributed by atoms with Gasteiger partial charge in [0.15, 0.2) is 0 Å². The van der Waals surface area contributed by atoms with Gasteiger partial charge in [-0.1, -0.05) is 60.7 Å². The Morgan fingerprint density at radius 3 is 1.91 bits per heavy atom. The number of hydrogen-bond donors (Lipinski definition) is 5. The van der Waals surface area contributed by atoms with Gasteiger partial charge in [-0.25, -0.2) is 0 Å². The van der Waals surface area contributed by atoms with Gasteiger partial charge in [-0.2, -0.15) is 0 Å². The lowest BCUT2D eigenvalue weighted by molar-refractivity contribution is -0.132. The zero-order chi connectivity index (χ0) is 30.3. The molecule has 3 amide bonds. The van der Waals surface area contributed by atoms with Crippen molar-refractivity contribution in [1.29, 1.82) is 0 Å². The summed E-state index contributed by atoms with van der Waals surface area (Å²) in [5.41, 5.74) is 15.2. The lowest BCUT2D eigenvalue weighted by atomic mass is 10.0. The molecule has 7 N–H and O–H groups in total. The number of nitrogen functional groups attached to an aromatic ring is 1. The van der Waals surface area contributed by atoms with Gasteiger partial charge in [0.1, 0.15) is 12.1 Å².